The molecule has 0 aliphatic heterocycles. The molecule has 0 aliphatic rings. The van der Waals surface area contributed by atoms with Gasteiger partial charge in [0.25, 0.3) is 0 Å². The lowest BCUT2D eigenvalue weighted by Crippen LogP contribution is -2.06. The van der Waals surface area contributed by atoms with Crippen molar-refractivity contribution < 1.29 is 22.0 Å². The molecule has 0 aliphatic carbocycles. The van der Waals surface area contributed by atoms with E-state index in [9.17, 15) is 22.0 Å². The second-order valence-electron chi connectivity index (χ2n) is 4.06. The Bertz CT molecular complexity index is 784. The number of hydrogen-bond donors (Lipinski definition) is 1. The summed E-state index contributed by atoms with van der Waals surface area (Å²) in [5.74, 6) is -10.0. The summed E-state index contributed by atoms with van der Waals surface area (Å²) < 4.78 is 66.9. The molecule has 108 valence electrons. The number of thiazole rings is 1. The molecule has 3 rings (SSSR count). The van der Waals surface area contributed by atoms with Crippen LogP contribution in [0.15, 0.2) is 24.3 Å². The number of aromatic nitrogens is 1. The van der Waals surface area contributed by atoms with Crippen molar-refractivity contribution in [2.75, 3.05) is 5.32 Å². The third-order valence-corrected chi connectivity index (χ3v) is 3.69. The molecule has 2 nitrogen and oxygen atoms in total. The van der Waals surface area contributed by atoms with Gasteiger partial charge in [-0.2, -0.15) is 0 Å². The fourth-order valence-electron chi connectivity index (χ4n) is 1.75. The Morgan fingerprint density at radius 3 is 2.00 bits per heavy atom. The van der Waals surface area contributed by atoms with E-state index in [-0.39, 0.29) is 5.13 Å². The highest BCUT2D eigenvalue weighted by Crippen LogP contribution is 2.32. The lowest BCUT2D eigenvalue weighted by atomic mass is 10.2. The van der Waals surface area contributed by atoms with E-state index in [0.717, 1.165) is 11.3 Å². The van der Waals surface area contributed by atoms with E-state index in [1.165, 1.54) is 0 Å². The zero-order valence-electron chi connectivity index (χ0n) is 10.1. The molecule has 0 bridgehead atoms. The second-order valence-corrected chi connectivity index (χ2v) is 5.09. The van der Waals surface area contributed by atoms with Crippen molar-refractivity contribution in [2.24, 2.45) is 0 Å². The van der Waals surface area contributed by atoms with Crippen LogP contribution in [0.25, 0.3) is 10.2 Å². The first-order chi connectivity index (χ1) is 9.99. The van der Waals surface area contributed by atoms with Crippen LogP contribution in [0.1, 0.15) is 0 Å². The SMILES string of the molecule is Fc1c(F)c(F)c(Nc2nc3ccccc3s2)c(F)c1F. The van der Waals surface area contributed by atoms with Gasteiger partial charge in [0.1, 0.15) is 5.69 Å². The summed E-state index contributed by atoms with van der Waals surface area (Å²) in [4.78, 5) is 4.01. The van der Waals surface area contributed by atoms with E-state index >= 15 is 0 Å². The molecule has 0 saturated heterocycles. The highest BCUT2D eigenvalue weighted by molar-refractivity contribution is 7.22. The summed E-state index contributed by atoms with van der Waals surface area (Å²) in [6.07, 6.45) is 0. The third kappa shape index (κ3) is 2.21. The molecular formula is C13H5F5N2S. The quantitative estimate of drug-likeness (QED) is 0.420. The summed E-state index contributed by atoms with van der Waals surface area (Å²) in [7, 11) is 0. The van der Waals surface area contributed by atoms with Crippen LogP contribution in [-0.2, 0) is 0 Å². The van der Waals surface area contributed by atoms with Crippen LogP contribution in [0.2, 0.25) is 0 Å². The maximum atomic E-state index is 13.5. The van der Waals surface area contributed by atoms with E-state index < -0.39 is 34.8 Å². The summed E-state index contributed by atoms with van der Waals surface area (Å²) in [6, 6.07) is 6.83. The molecule has 1 aromatic heterocycles. The van der Waals surface area contributed by atoms with Crippen molar-refractivity contribution in [3.63, 3.8) is 0 Å². The average Bonchev–Trinajstić information content (AvgIpc) is 2.90. The van der Waals surface area contributed by atoms with Crippen molar-refractivity contribution in [1.29, 1.82) is 0 Å². The lowest BCUT2D eigenvalue weighted by Gasteiger charge is -2.08. The Kier molecular flexibility index (Phi) is 3.25. The minimum absolute atomic E-state index is 0.0272. The Morgan fingerprint density at radius 1 is 0.810 bits per heavy atom. The van der Waals surface area contributed by atoms with Crippen LogP contribution in [-0.4, -0.2) is 4.98 Å². The fourth-order valence-corrected chi connectivity index (χ4v) is 2.62. The van der Waals surface area contributed by atoms with Crippen LogP contribution in [0.3, 0.4) is 0 Å². The number of nitrogens with zero attached hydrogens (tertiary/aromatic N) is 1. The summed E-state index contributed by atoms with van der Waals surface area (Å²) in [5.41, 5.74) is -0.570. The molecule has 0 spiro atoms. The van der Waals surface area contributed by atoms with Crippen molar-refractivity contribution in [3.8, 4) is 0 Å². The summed E-state index contributed by atoms with van der Waals surface area (Å²) in [6.45, 7) is 0. The molecule has 0 fully saturated rings. The number of benzene rings is 2. The van der Waals surface area contributed by atoms with Gasteiger partial charge in [-0.25, -0.2) is 26.9 Å². The lowest BCUT2D eigenvalue weighted by molar-refractivity contribution is 0.382. The first kappa shape index (κ1) is 13.7. The van der Waals surface area contributed by atoms with Crippen LogP contribution >= 0.6 is 11.3 Å². The predicted octanol–water partition coefficient (Wildman–Crippen LogP) is 4.74. The van der Waals surface area contributed by atoms with Crippen LogP contribution in [0.5, 0.6) is 0 Å². The van der Waals surface area contributed by atoms with E-state index in [0.29, 0.717) is 10.2 Å². The number of nitrogens with one attached hydrogen (secondary N) is 1. The Hall–Kier alpha value is -2.22. The Labute approximate surface area is 118 Å². The van der Waals surface area contributed by atoms with Crippen molar-refractivity contribution in [1.82, 2.24) is 4.98 Å². The highest BCUT2D eigenvalue weighted by Gasteiger charge is 2.26. The number of halogens is 5. The highest BCUT2D eigenvalue weighted by atomic mass is 32.1. The monoisotopic (exact) mass is 316 g/mol. The van der Waals surface area contributed by atoms with Crippen LogP contribution < -0.4 is 5.32 Å². The number of para-hydroxylation sites is 1. The van der Waals surface area contributed by atoms with Gasteiger partial charge in [-0.15, -0.1) is 0 Å². The molecule has 0 atom stereocenters. The average molecular weight is 316 g/mol. The molecule has 21 heavy (non-hydrogen) atoms. The van der Waals surface area contributed by atoms with Crippen molar-refractivity contribution in [2.45, 2.75) is 0 Å². The van der Waals surface area contributed by atoms with Crippen LogP contribution in [0.4, 0.5) is 32.8 Å². The first-order valence-electron chi connectivity index (χ1n) is 5.63. The first-order valence-corrected chi connectivity index (χ1v) is 6.44. The fraction of sp³-hybridized carbons (Fsp3) is 0. The van der Waals surface area contributed by atoms with Crippen molar-refractivity contribution in [3.05, 3.63) is 53.4 Å². The minimum atomic E-state index is -2.19. The molecule has 2 aromatic carbocycles. The number of rotatable bonds is 2. The molecule has 1 N–H and O–H groups in total. The predicted molar refractivity (Wildman–Crippen MR) is 69.1 cm³/mol. The van der Waals surface area contributed by atoms with E-state index in [4.69, 9.17) is 0 Å². The molecule has 8 heteroatoms. The second kappa shape index (κ2) is 4.96. The number of hydrogen-bond acceptors (Lipinski definition) is 3. The Morgan fingerprint density at radius 2 is 1.38 bits per heavy atom. The van der Waals surface area contributed by atoms with E-state index in [1.54, 1.807) is 24.3 Å². The molecule has 0 unspecified atom stereocenters. The van der Waals surface area contributed by atoms with Gasteiger partial charge in [-0.1, -0.05) is 23.5 Å². The van der Waals surface area contributed by atoms with Crippen molar-refractivity contribution >= 4 is 32.4 Å². The molecule has 0 radical (unpaired) electrons. The van der Waals surface area contributed by atoms with Gasteiger partial charge in [0.2, 0.25) is 5.82 Å². The molecule has 0 amide bonds. The summed E-state index contributed by atoms with van der Waals surface area (Å²) >= 11 is 1.03. The zero-order chi connectivity index (χ0) is 15.1. The zero-order valence-corrected chi connectivity index (χ0v) is 10.9. The topological polar surface area (TPSA) is 24.9 Å². The third-order valence-electron chi connectivity index (χ3n) is 2.74. The van der Waals surface area contributed by atoms with E-state index in [2.05, 4.69) is 10.3 Å². The van der Waals surface area contributed by atoms with Gasteiger partial charge in [-0.3, -0.25) is 0 Å². The molecule has 1 heterocycles. The molecular weight excluding hydrogens is 311 g/mol. The van der Waals surface area contributed by atoms with Gasteiger partial charge < -0.3 is 5.32 Å². The maximum absolute atomic E-state index is 13.5. The Balaban J connectivity index is 2.09. The van der Waals surface area contributed by atoms with Gasteiger partial charge in [-0.05, 0) is 12.1 Å². The minimum Gasteiger partial charge on any atom is -0.326 e. The number of anilines is 2. The van der Waals surface area contributed by atoms with Crippen LogP contribution in [0, 0.1) is 29.1 Å². The van der Waals surface area contributed by atoms with Gasteiger partial charge in [0.15, 0.2) is 28.4 Å². The van der Waals surface area contributed by atoms with Gasteiger partial charge in [0, 0.05) is 0 Å². The standard InChI is InChI=1S/C13H5F5N2S/c14-7-8(15)10(17)12(11(18)9(7)16)20-13-19-5-3-1-2-4-6(5)21-13/h1-4H,(H,19,20). The van der Waals surface area contributed by atoms with E-state index in [1.807, 2.05) is 0 Å². The summed E-state index contributed by atoms with van der Waals surface area (Å²) in [5, 5.41) is 2.18. The molecule has 0 saturated carbocycles. The maximum Gasteiger partial charge on any atom is 0.200 e. The normalized spacial score (nSPS) is 11.1. The molecule has 3 aromatic rings. The largest absolute Gasteiger partial charge is 0.326 e. The number of fused-ring (bicyclic) bond motifs is 1. The smallest absolute Gasteiger partial charge is 0.200 e. The van der Waals surface area contributed by atoms with Gasteiger partial charge in [0.05, 0.1) is 10.2 Å². The van der Waals surface area contributed by atoms with Gasteiger partial charge >= 0.3 is 0 Å².